The SMILES string of the molecule is Cc1c(CO)cccc1S(=O)(=O)NC1CCS(=O)(=O)CC1. The van der Waals surface area contributed by atoms with Gasteiger partial charge in [0.2, 0.25) is 10.0 Å². The summed E-state index contributed by atoms with van der Waals surface area (Å²) in [6.07, 6.45) is 0.584. The van der Waals surface area contributed by atoms with E-state index in [1.54, 1.807) is 19.1 Å². The molecule has 0 unspecified atom stereocenters. The molecule has 1 aromatic rings. The molecule has 6 nitrogen and oxygen atoms in total. The van der Waals surface area contributed by atoms with Crippen LogP contribution in [0, 0.1) is 6.92 Å². The van der Waals surface area contributed by atoms with E-state index in [1.165, 1.54) is 6.07 Å². The van der Waals surface area contributed by atoms with Gasteiger partial charge < -0.3 is 5.11 Å². The zero-order chi connectivity index (χ0) is 15.7. The summed E-state index contributed by atoms with van der Waals surface area (Å²) in [5.41, 5.74) is 1.07. The fourth-order valence-corrected chi connectivity index (χ4v) is 5.50. The predicted octanol–water partition coefficient (Wildman–Crippen LogP) is 0.343. The Morgan fingerprint density at radius 1 is 1.29 bits per heavy atom. The van der Waals surface area contributed by atoms with Crippen molar-refractivity contribution in [1.29, 1.82) is 0 Å². The highest BCUT2D eigenvalue weighted by Crippen LogP contribution is 2.21. The van der Waals surface area contributed by atoms with E-state index in [-0.39, 0.29) is 29.0 Å². The van der Waals surface area contributed by atoms with Crippen LogP contribution in [0.1, 0.15) is 24.0 Å². The second kappa shape index (κ2) is 6.04. The minimum absolute atomic E-state index is 0.00977. The Bertz CT molecular complexity index is 711. The van der Waals surface area contributed by atoms with Gasteiger partial charge in [0.1, 0.15) is 9.84 Å². The van der Waals surface area contributed by atoms with Gasteiger partial charge in [-0.25, -0.2) is 21.6 Å². The van der Waals surface area contributed by atoms with Crippen molar-refractivity contribution in [2.45, 2.75) is 37.3 Å². The highest BCUT2D eigenvalue weighted by Gasteiger charge is 2.28. The first-order chi connectivity index (χ1) is 9.75. The molecular weight excluding hydrogens is 314 g/mol. The lowest BCUT2D eigenvalue weighted by Crippen LogP contribution is -2.41. The van der Waals surface area contributed by atoms with Crippen LogP contribution in [0.25, 0.3) is 0 Å². The van der Waals surface area contributed by atoms with Gasteiger partial charge in [-0.2, -0.15) is 0 Å². The molecule has 0 amide bonds. The van der Waals surface area contributed by atoms with Crippen molar-refractivity contribution < 1.29 is 21.9 Å². The first-order valence-electron chi connectivity index (χ1n) is 6.67. The highest BCUT2D eigenvalue weighted by molar-refractivity contribution is 7.91. The molecule has 0 radical (unpaired) electrons. The summed E-state index contributed by atoms with van der Waals surface area (Å²) < 4.78 is 50.1. The first kappa shape index (κ1) is 16.4. The molecule has 0 aromatic heterocycles. The average molecular weight is 333 g/mol. The number of aliphatic hydroxyl groups is 1. The highest BCUT2D eigenvalue weighted by atomic mass is 32.2. The quantitative estimate of drug-likeness (QED) is 0.828. The lowest BCUT2D eigenvalue weighted by Gasteiger charge is -2.23. The number of nitrogens with one attached hydrogen (secondary N) is 1. The van der Waals surface area contributed by atoms with Crippen LogP contribution in [0.4, 0.5) is 0 Å². The maximum absolute atomic E-state index is 12.4. The monoisotopic (exact) mass is 333 g/mol. The molecule has 1 aliphatic heterocycles. The molecule has 8 heteroatoms. The Kier molecular flexibility index (Phi) is 4.72. The van der Waals surface area contributed by atoms with Gasteiger partial charge in [-0.15, -0.1) is 0 Å². The van der Waals surface area contributed by atoms with Gasteiger partial charge in [-0.3, -0.25) is 0 Å². The molecule has 2 N–H and O–H groups in total. The molecule has 1 fully saturated rings. The first-order valence-corrected chi connectivity index (χ1v) is 9.98. The molecule has 0 aliphatic carbocycles. The minimum atomic E-state index is -3.72. The summed E-state index contributed by atoms with van der Waals surface area (Å²) >= 11 is 0. The third-order valence-electron chi connectivity index (χ3n) is 3.73. The molecule has 21 heavy (non-hydrogen) atoms. The van der Waals surface area contributed by atoms with Crippen LogP contribution < -0.4 is 4.72 Å². The van der Waals surface area contributed by atoms with Crippen molar-refractivity contribution in [3.05, 3.63) is 29.3 Å². The number of benzene rings is 1. The summed E-state index contributed by atoms with van der Waals surface area (Å²) in [6.45, 7) is 1.42. The van der Waals surface area contributed by atoms with Gasteiger partial charge >= 0.3 is 0 Å². The van der Waals surface area contributed by atoms with Crippen molar-refractivity contribution in [3.8, 4) is 0 Å². The number of sulfone groups is 1. The topological polar surface area (TPSA) is 101 Å². The van der Waals surface area contributed by atoms with Gasteiger partial charge in [0.15, 0.2) is 0 Å². The van der Waals surface area contributed by atoms with Crippen LogP contribution in [0.2, 0.25) is 0 Å². The van der Waals surface area contributed by atoms with Crippen LogP contribution in [-0.2, 0) is 26.5 Å². The van der Waals surface area contributed by atoms with Gasteiger partial charge in [-0.05, 0) is 37.0 Å². The predicted molar refractivity (Wildman–Crippen MR) is 79.1 cm³/mol. The number of aliphatic hydroxyl groups excluding tert-OH is 1. The van der Waals surface area contributed by atoms with Crippen molar-refractivity contribution in [3.63, 3.8) is 0 Å². The Hall–Kier alpha value is -0.960. The van der Waals surface area contributed by atoms with Gasteiger partial charge in [0, 0.05) is 6.04 Å². The smallest absolute Gasteiger partial charge is 0.241 e. The molecule has 0 bridgehead atoms. The van der Waals surface area contributed by atoms with Crippen LogP contribution in [0.15, 0.2) is 23.1 Å². The van der Waals surface area contributed by atoms with Gasteiger partial charge in [0.05, 0.1) is 23.0 Å². The Balaban J connectivity index is 2.20. The standard InChI is InChI=1S/C13H19NO5S2/c1-10-11(9-15)3-2-4-13(10)21(18,19)14-12-5-7-20(16,17)8-6-12/h2-4,12,14-15H,5-9H2,1H3. The average Bonchev–Trinajstić information content (AvgIpc) is 2.41. The van der Waals surface area contributed by atoms with Gasteiger partial charge in [0.25, 0.3) is 0 Å². The largest absolute Gasteiger partial charge is 0.392 e. The summed E-state index contributed by atoms with van der Waals surface area (Å²) in [5.74, 6) is 0.0195. The van der Waals surface area contributed by atoms with E-state index in [4.69, 9.17) is 0 Å². The van der Waals surface area contributed by atoms with E-state index in [9.17, 15) is 21.9 Å². The van der Waals surface area contributed by atoms with Crippen molar-refractivity contribution in [2.24, 2.45) is 0 Å². The van der Waals surface area contributed by atoms with Crippen molar-refractivity contribution in [1.82, 2.24) is 4.72 Å². The molecule has 118 valence electrons. The Labute approximate surface area is 125 Å². The maximum Gasteiger partial charge on any atom is 0.241 e. The number of hydrogen-bond donors (Lipinski definition) is 2. The van der Waals surface area contributed by atoms with Crippen molar-refractivity contribution >= 4 is 19.9 Å². The number of sulfonamides is 1. The lowest BCUT2D eigenvalue weighted by molar-refractivity contribution is 0.280. The molecule has 1 aromatic carbocycles. The number of hydrogen-bond acceptors (Lipinski definition) is 5. The molecule has 0 spiro atoms. The molecule has 1 saturated heterocycles. The second-order valence-corrected chi connectivity index (χ2v) is 9.23. The van der Waals surface area contributed by atoms with Crippen LogP contribution in [0.5, 0.6) is 0 Å². The van der Waals surface area contributed by atoms with Crippen LogP contribution in [-0.4, -0.2) is 39.5 Å². The summed E-state index contributed by atoms with van der Waals surface area (Å²) in [5, 5.41) is 9.21. The molecular formula is C13H19NO5S2. The number of rotatable bonds is 4. The van der Waals surface area contributed by atoms with Gasteiger partial charge in [-0.1, -0.05) is 12.1 Å². The van der Waals surface area contributed by atoms with E-state index >= 15 is 0 Å². The fraction of sp³-hybridized carbons (Fsp3) is 0.538. The fourth-order valence-electron chi connectivity index (χ4n) is 2.41. The molecule has 1 aliphatic rings. The molecule has 1 heterocycles. The normalized spacial score (nSPS) is 19.5. The second-order valence-electron chi connectivity index (χ2n) is 5.25. The molecule has 0 atom stereocenters. The van der Waals surface area contributed by atoms with Crippen LogP contribution in [0.3, 0.4) is 0 Å². The molecule has 2 rings (SSSR count). The maximum atomic E-state index is 12.4. The zero-order valence-electron chi connectivity index (χ0n) is 11.7. The van der Waals surface area contributed by atoms with E-state index < -0.39 is 19.9 Å². The summed E-state index contributed by atoms with van der Waals surface area (Å²) in [7, 11) is -6.74. The van der Waals surface area contributed by atoms with E-state index in [0.29, 0.717) is 24.0 Å². The minimum Gasteiger partial charge on any atom is -0.392 e. The zero-order valence-corrected chi connectivity index (χ0v) is 13.4. The Morgan fingerprint density at radius 2 is 1.90 bits per heavy atom. The summed E-state index contributed by atoms with van der Waals surface area (Å²) in [4.78, 5) is 0.127. The van der Waals surface area contributed by atoms with E-state index in [1.807, 2.05) is 0 Å². The lowest BCUT2D eigenvalue weighted by atomic mass is 10.1. The van der Waals surface area contributed by atoms with Crippen LogP contribution >= 0.6 is 0 Å². The summed E-state index contributed by atoms with van der Waals surface area (Å²) in [6, 6.07) is 4.37. The third kappa shape index (κ3) is 3.82. The van der Waals surface area contributed by atoms with Crippen molar-refractivity contribution in [2.75, 3.05) is 11.5 Å². The Morgan fingerprint density at radius 3 is 2.48 bits per heavy atom. The van der Waals surface area contributed by atoms with E-state index in [0.717, 1.165) is 0 Å². The van der Waals surface area contributed by atoms with E-state index in [2.05, 4.69) is 4.72 Å². The molecule has 0 saturated carbocycles. The third-order valence-corrected chi connectivity index (χ3v) is 7.11.